The number of allylic oxidation sites excluding steroid dienone is 2. The van der Waals surface area contributed by atoms with Crippen LogP contribution in [0.5, 0.6) is 0 Å². The molecule has 0 aliphatic rings. The summed E-state index contributed by atoms with van der Waals surface area (Å²) in [5, 5.41) is 5.54. The van der Waals surface area contributed by atoms with Gasteiger partial charge in [-0.2, -0.15) is 0 Å². The lowest BCUT2D eigenvalue weighted by atomic mass is 10.1. The molecule has 0 saturated carbocycles. The number of hydrogen-bond acceptors (Lipinski definition) is 1. The summed E-state index contributed by atoms with van der Waals surface area (Å²) in [7, 11) is 0. The SMILES string of the molecule is CC/C=C\C(=C/C(C)C)CNC(=O)NCC. The van der Waals surface area contributed by atoms with Gasteiger partial charge < -0.3 is 10.6 Å². The van der Waals surface area contributed by atoms with E-state index in [1.807, 2.05) is 6.92 Å². The lowest BCUT2D eigenvalue weighted by Crippen LogP contribution is -2.36. The molecule has 0 spiro atoms. The van der Waals surface area contributed by atoms with E-state index >= 15 is 0 Å². The third-order valence-electron chi connectivity index (χ3n) is 1.91. The van der Waals surface area contributed by atoms with Gasteiger partial charge in [-0.3, -0.25) is 0 Å². The molecule has 0 bridgehead atoms. The number of rotatable bonds is 6. The first-order valence-electron chi connectivity index (χ1n) is 5.99. The van der Waals surface area contributed by atoms with Gasteiger partial charge in [0.1, 0.15) is 0 Å². The zero-order valence-electron chi connectivity index (χ0n) is 10.8. The summed E-state index contributed by atoms with van der Waals surface area (Å²) in [6.07, 6.45) is 7.36. The van der Waals surface area contributed by atoms with Crippen LogP contribution in [0.2, 0.25) is 0 Å². The molecule has 0 saturated heterocycles. The molecule has 0 aliphatic heterocycles. The molecule has 16 heavy (non-hydrogen) atoms. The van der Waals surface area contributed by atoms with E-state index in [9.17, 15) is 4.79 Å². The summed E-state index contributed by atoms with van der Waals surface area (Å²) >= 11 is 0. The number of urea groups is 1. The normalized spacial score (nSPS) is 12.2. The fourth-order valence-electron chi connectivity index (χ4n) is 1.28. The molecule has 0 fully saturated rings. The van der Waals surface area contributed by atoms with Gasteiger partial charge in [0, 0.05) is 13.1 Å². The number of nitrogens with one attached hydrogen (secondary N) is 2. The minimum Gasteiger partial charge on any atom is -0.338 e. The van der Waals surface area contributed by atoms with Gasteiger partial charge in [0.2, 0.25) is 0 Å². The van der Waals surface area contributed by atoms with E-state index in [0.717, 1.165) is 12.0 Å². The highest BCUT2D eigenvalue weighted by Crippen LogP contribution is 2.03. The molecule has 0 unspecified atom stereocenters. The van der Waals surface area contributed by atoms with Gasteiger partial charge in [-0.05, 0) is 24.8 Å². The van der Waals surface area contributed by atoms with Crippen LogP contribution >= 0.6 is 0 Å². The predicted octanol–water partition coefficient (Wildman–Crippen LogP) is 2.85. The van der Waals surface area contributed by atoms with E-state index in [1.54, 1.807) is 0 Å². The topological polar surface area (TPSA) is 41.1 Å². The summed E-state index contributed by atoms with van der Waals surface area (Å²) in [6.45, 7) is 9.50. The summed E-state index contributed by atoms with van der Waals surface area (Å²) in [4.78, 5) is 11.2. The lowest BCUT2D eigenvalue weighted by molar-refractivity contribution is 0.242. The molecule has 2 amide bonds. The quantitative estimate of drug-likeness (QED) is 0.669. The Hall–Kier alpha value is -1.25. The van der Waals surface area contributed by atoms with Crippen molar-refractivity contribution in [2.75, 3.05) is 13.1 Å². The molecular weight excluding hydrogens is 200 g/mol. The molecular formula is C13H24N2O. The Morgan fingerprint density at radius 3 is 2.44 bits per heavy atom. The van der Waals surface area contributed by atoms with E-state index in [1.165, 1.54) is 0 Å². The highest BCUT2D eigenvalue weighted by molar-refractivity contribution is 5.74. The molecule has 2 N–H and O–H groups in total. The first kappa shape index (κ1) is 14.8. The van der Waals surface area contributed by atoms with Gasteiger partial charge in [-0.25, -0.2) is 4.79 Å². The first-order chi connectivity index (χ1) is 7.60. The second kappa shape index (κ2) is 9.01. The van der Waals surface area contributed by atoms with Gasteiger partial charge in [-0.1, -0.05) is 39.0 Å². The first-order valence-corrected chi connectivity index (χ1v) is 5.99. The predicted molar refractivity (Wildman–Crippen MR) is 69.4 cm³/mol. The number of hydrogen-bond donors (Lipinski definition) is 2. The largest absolute Gasteiger partial charge is 0.338 e. The Morgan fingerprint density at radius 2 is 1.94 bits per heavy atom. The molecule has 0 heterocycles. The summed E-state index contributed by atoms with van der Waals surface area (Å²) < 4.78 is 0. The fraction of sp³-hybridized carbons (Fsp3) is 0.615. The third-order valence-corrected chi connectivity index (χ3v) is 1.91. The van der Waals surface area contributed by atoms with E-state index in [4.69, 9.17) is 0 Å². The van der Waals surface area contributed by atoms with E-state index in [2.05, 4.69) is 49.6 Å². The number of carbonyl (C=O) groups excluding carboxylic acids is 1. The van der Waals surface area contributed by atoms with E-state index in [0.29, 0.717) is 19.0 Å². The van der Waals surface area contributed by atoms with Crippen LogP contribution < -0.4 is 10.6 Å². The van der Waals surface area contributed by atoms with Crippen LogP contribution in [-0.2, 0) is 0 Å². The molecule has 0 radical (unpaired) electrons. The maximum absolute atomic E-state index is 11.2. The van der Waals surface area contributed by atoms with Gasteiger partial charge in [-0.15, -0.1) is 0 Å². The smallest absolute Gasteiger partial charge is 0.315 e. The van der Waals surface area contributed by atoms with Crippen LogP contribution in [0.1, 0.15) is 34.1 Å². The molecule has 0 aromatic rings. The Bertz CT molecular complexity index is 255. The Balaban J connectivity index is 4.22. The Labute approximate surface area is 99.0 Å². The highest BCUT2D eigenvalue weighted by Gasteiger charge is 1.99. The van der Waals surface area contributed by atoms with Crippen molar-refractivity contribution >= 4 is 6.03 Å². The second-order valence-corrected chi connectivity index (χ2v) is 4.01. The van der Waals surface area contributed by atoms with Crippen LogP contribution in [0.15, 0.2) is 23.8 Å². The zero-order valence-corrected chi connectivity index (χ0v) is 10.8. The van der Waals surface area contributed by atoms with Crippen molar-refractivity contribution < 1.29 is 4.79 Å². The van der Waals surface area contributed by atoms with Crippen molar-refractivity contribution in [2.24, 2.45) is 5.92 Å². The van der Waals surface area contributed by atoms with Crippen LogP contribution in [0.25, 0.3) is 0 Å². The van der Waals surface area contributed by atoms with E-state index in [-0.39, 0.29) is 6.03 Å². The van der Waals surface area contributed by atoms with Crippen molar-refractivity contribution in [3.05, 3.63) is 23.8 Å². The zero-order chi connectivity index (χ0) is 12.4. The molecule has 0 aromatic carbocycles. The summed E-state index contributed by atoms with van der Waals surface area (Å²) in [5.41, 5.74) is 1.16. The minimum absolute atomic E-state index is 0.109. The van der Waals surface area contributed by atoms with Crippen LogP contribution in [0.3, 0.4) is 0 Å². The fourth-order valence-corrected chi connectivity index (χ4v) is 1.28. The average molecular weight is 224 g/mol. The van der Waals surface area contributed by atoms with Gasteiger partial charge in [0.15, 0.2) is 0 Å². The van der Waals surface area contributed by atoms with Crippen molar-refractivity contribution in [3.63, 3.8) is 0 Å². The lowest BCUT2D eigenvalue weighted by Gasteiger charge is -2.08. The molecule has 0 rings (SSSR count). The second-order valence-electron chi connectivity index (χ2n) is 4.01. The molecule has 0 aromatic heterocycles. The Morgan fingerprint density at radius 1 is 1.25 bits per heavy atom. The van der Waals surface area contributed by atoms with Crippen LogP contribution in [0.4, 0.5) is 4.79 Å². The van der Waals surface area contributed by atoms with E-state index < -0.39 is 0 Å². The van der Waals surface area contributed by atoms with Crippen molar-refractivity contribution in [2.45, 2.75) is 34.1 Å². The average Bonchev–Trinajstić information content (AvgIpc) is 2.22. The van der Waals surface area contributed by atoms with Crippen molar-refractivity contribution in [3.8, 4) is 0 Å². The van der Waals surface area contributed by atoms with Gasteiger partial charge in [0.05, 0.1) is 0 Å². The Kier molecular flexibility index (Phi) is 8.31. The maximum Gasteiger partial charge on any atom is 0.315 e. The number of amides is 2. The van der Waals surface area contributed by atoms with Gasteiger partial charge in [0.25, 0.3) is 0 Å². The molecule has 92 valence electrons. The maximum atomic E-state index is 11.2. The van der Waals surface area contributed by atoms with Crippen molar-refractivity contribution in [1.82, 2.24) is 10.6 Å². The third kappa shape index (κ3) is 8.09. The monoisotopic (exact) mass is 224 g/mol. The molecule has 0 aliphatic carbocycles. The van der Waals surface area contributed by atoms with Gasteiger partial charge >= 0.3 is 6.03 Å². The summed E-state index contributed by atoms with van der Waals surface area (Å²) in [5.74, 6) is 0.493. The highest BCUT2D eigenvalue weighted by atomic mass is 16.2. The molecule has 3 heteroatoms. The minimum atomic E-state index is -0.109. The summed E-state index contributed by atoms with van der Waals surface area (Å²) in [6, 6.07) is -0.109. The number of carbonyl (C=O) groups is 1. The molecule has 3 nitrogen and oxygen atoms in total. The van der Waals surface area contributed by atoms with Crippen LogP contribution in [-0.4, -0.2) is 19.1 Å². The van der Waals surface area contributed by atoms with Crippen LogP contribution in [0, 0.1) is 5.92 Å². The standard InChI is InChI=1S/C13H24N2O/c1-5-7-8-12(9-11(3)4)10-15-13(16)14-6-2/h7-9,11H,5-6,10H2,1-4H3,(H2,14,15,16)/b8-7-,12-9+. The molecule has 0 atom stereocenters. The van der Waals surface area contributed by atoms with Crippen molar-refractivity contribution in [1.29, 1.82) is 0 Å².